The fourth-order valence-electron chi connectivity index (χ4n) is 3.94. The molecule has 178 valence electrons. The van der Waals surface area contributed by atoms with Crippen molar-refractivity contribution < 1.29 is 19.1 Å². The van der Waals surface area contributed by atoms with Gasteiger partial charge >= 0.3 is 5.97 Å². The van der Waals surface area contributed by atoms with E-state index in [1.54, 1.807) is 13.1 Å². The molecule has 34 heavy (non-hydrogen) atoms. The van der Waals surface area contributed by atoms with Crippen molar-refractivity contribution in [2.75, 3.05) is 36.5 Å². The number of nitrogens with zero attached hydrogens (tertiary/aromatic N) is 3. The van der Waals surface area contributed by atoms with Gasteiger partial charge in [0.25, 0.3) is 5.91 Å². The third kappa shape index (κ3) is 5.95. The molecule has 2 heterocycles. The van der Waals surface area contributed by atoms with Crippen molar-refractivity contribution >= 4 is 23.3 Å². The molecule has 0 atom stereocenters. The molecule has 8 nitrogen and oxygen atoms in total. The molecule has 0 aliphatic carbocycles. The maximum absolute atomic E-state index is 12.5. The fraction of sp³-hybridized carbons (Fsp3) is 0.346. The predicted molar refractivity (Wildman–Crippen MR) is 131 cm³/mol. The second kappa shape index (κ2) is 11.4. The molecule has 1 saturated heterocycles. The molecule has 1 aliphatic heterocycles. The molecule has 1 amide bonds. The van der Waals surface area contributed by atoms with Crippen molar-refractivity contribution in [1.82, 2.24) is 9.78 Å². The summed E-state index contributed by atoms with van der Waals surface area (Å²) in [4.78, 5) is 27.3. The van der Waals surface area contributed by atoms with Gasteiger partial charge in [0.1, 0.15) is 0 Å². The third-order valence-corrected chi connectivity index (χ3v) is 5.65. The van der Waals surface area contributed by atoms with E-state index in [4.69, 9.17) is 9.47 Å². The monoisotopic (exact) mass is 462 g/mol. The molecular formula is C26H30N4O4. The van der Waals surface area contributed by atoms with Gasteiger partial charge in [-0.2, -0.15) is 5.10 Å². The normalized spacial score (nSPS) is 13.7. The maximum atomic E-state index is 12.5. The highest BCUT2D eigenvalue weighted by atomic mass is 16.5. The van der Waals surface area contributed by atoms with Crippen LogP contribution in [0.15, 0.2) is 60.8 Å². The van der Waals surface area contributed by atoms with Crippen molar-refractivity contribution in [1.29, 1.82) is 0 Å². The molecule has 0 bridgehead atoms. The van der Waals surface area contributed by atoms with Crippen molar-refractivity contribution in [3.8, 4) is 11.4 Å². The summed E-state index contributed by atoms with van der Waals surface area (Å²) >= 11 is 0. The van der Waals surface area contributed by atoms with Crippen LogP contribution in [0.5, 0.6) is 5.75 Å². The number of benzene rings is 2. The van der Waals surface area contributed by atoms with Gasteiger partial charge in [0.15, 0.2) is 12.4 Å². The van der Waals surface area contributed by atoms with Crippen molar-refractivity contribution in [3.63, 3.8) is 0 Å². The number of esters is 1. The molecule has 8 heteroatoms. The van der Waals surface area contributed by atoms with Gasteiger partial charge < -0.3 is 19.7 Å². The van der Waals surface area contributed by atoms with Crippen LogP contribution >= 0.6 is 0 Å². The Morgan fingerprint density at radius 2 is 1.65 bits per heavy atom. The summed E-state index contributed by atoms with van der Waals surface area (Å²) in [5.41, 5.74) is 2.65. The van der Waals surface area contributed by atoms with Gasteiger partial charge in [-0.25, -0.2) is 9.48 Å². The molecule has 1 aromatic heterocycles. The van der Waals surface area contributed by atoms with Crippen LogP contribution in [0.2, 0.25) is 0 Å². The lowest BCUT2D eigenvalue weighted by Gasteiger charge is -2.22. The second-order valence-electron chi connectivity index (χ2n) is 8.13. The summed E-state index contributed by atoms with van der Waals surface area (Å²) < 4.78 is 12.3. The number of anilines is 2. The first-order chi connectivity index (χ1) is 16.6. The molecular weight excluding hydrogens is 432 g/mol. The quantitative estimate of drug-likeness (QED) is 0.498. The average molecular weight is 463 g/mol. The molecule has 1 N–H and O–H groups in total. The van der Waals surface area contributed by atoms with Gasteiger partial charge in [0.05, 0.1) is 18.5 Å². The Kier molecular flexibility index (Phi) is 7.80. The van der Waals surface area contributed by atoms with E-state index in [1.165, 1.54) is 36.1 Å². The summed E-state index contributed by atoms with van der Waals surface area (Å²) in [5, 5.41) is 7.14. The molecule has 0 saturated carbocycles. The van der Waals surface area contributed by atoms with Gasteiger partial charge in [-0.05, 0) is 56.2 Å². The number of ether oxygens (including phenoxy) is 2. The van der Waals surface area contributed by atoms with Crippen LogP contribution in [0.1, 0.15) is 43.1 Å². The van der Waals surface area contributed by atoms with E-state index in [-0.39, 0.29) is 30.6 Å². The summed E-state index contributed by atoms with van der Waals surface area (Å²) in [7, 11) is 0. The molecule has 4 rings (SSSR count). The summed E-state index contributed by atoms with van der Waals surface area (Å²) in [6.07, 6.45) is 6.57. The zero-order valence-corrected chi connectivity index (χ0v) is 19.4. The number of rotatable bonds is 8. The van der Waals surface area contributed by atoms with E-state index in [0.29, 0.717) is 5.69 Å². The van der Waals surface area contributed by atoms with Crippen LogP contribution in [0.4, 0.5) is 11.4 Å². The molecule has 0 unspecified atom stereocenters. The zero-order valence-electron chi connectivity index (χ0n) is 19.4. The Bertz CT molecular complexity index is 1090. The first-order valence-corrected chi connectivity index (χ1v) is 11.7. The topological polar surface area (TPSA) is 85.7 Å². The van der Waals surface area contributed by atoms with Crippen molar-refractivity contribution in [3.05, 3.63) is 66.5 Å². The highest BCUT2D eigenvalue weighted by Gasteiger charge is 2.21. The number of carbonyl (C=O) groups excluding carboxylic acids is 2. The van der Waals surface area contributed by atoms with Crippen LogP contribution < -0.4 is 15.0 Å². The van der Waals surface area contributed by atoms with Gasteiger partial charge in [-0.15, -0.1) is 0 Å². The first kappa shape index (κ1) is 23.4. The van der Waals surface area contributed by atoms with Gasteiger partial charge in [-0.1, -0.05) is 31.0 Å². The average Bonchev–Trinajstić information content (AvgIpc) is 3.10. The third-order valence-electron chi connectivity index (χ3n) is 5.65. The minimum atomic E-state index is -0.600. The predicted octanol–water partition coefficient (Wildman–Crippen LogP) is 4.45. The molecule has 1 aliphatic rings. The number of hydrogen-bond acceptors (Lipinski definition) is 6. The molecule has 0 radical (unpaired) electrons. The first-order valence-electron chi connectivity index (χ1n) is 11.7. The number of aromatic nitrogens is 2. The minimum Gasteiger partial charge on any atom is -0.480 e. The second-order valence-corrected chi connectivity index (χ2v) is 8.13. The van der Waals surface area contributed by atoms with Crippen molar-refractivity contribution in [2.45, 2.75) is 32.6 Å². The smallest absolute Gasteiger partial charge is 0.362 e. The zero-order chi connectivity index (χ0) is 23.8. The fourth-order valence-corrected chi connectivity index (χ4v) is 3.94. The Morgan fingerprint density at radius 3 is 2.32 bits per heavy atom. The van der Waals surface area contributed by atoms with E-state index in [9.17, 15) is 9.59 Å². The van der Waals surface area contributed by atoms with E-state index < -0.39 is 5.97 Å². The van der Waals surface area contributed by atoms with Gasteiger partial charge in [-0.3, -0.25) is 4.79 Å². The molecule has 3 aromatic rings. The van der Waals surface area contributed by atoms with Gasteiger partial charge in [0.2, 0.25) is 5.69 Å². The number of carbonyl (C=O) groups is 2. The lowest BCUT2D eigenvalue weighted by atomic mass is 10.2. The Labute approximate surface area is 199 Å². The maximum Gasteiger partial charge on any atom is 0.362 e. The Hall–Kier alpha value is -3.81. The van der Waals surface area contributed by atoms with Crippen LogP contribution in [-0.2, 0) is 9.53 Å². The number of nitrogens with one attached hydrogen (secondary N) is 1. The van der Waals surface area contributed by atoms with Crippen LogP contribution in [0, 0.1) is 0 Å². The largest absolute Gasteiger partial charge is 0.480 e. The lowest BCUT2D eigenvalue weighted by Crippen LogP contribution is -2.24. The Morgan fingerprint density at radius 1 is 0.941 bits per heavy atom. The van der Waals surface area contributed by atoms with E-state index in [0.717, 1.165) is 18.8 Å². The number of amides is 1. The highest BCUT2D eigenvalue weighted by Crippen LogP contribution is 2.23. The van der Waals surface area contributed by atoms with E-state index >= 15 is 0 Å². The number of hydrogen-bond donors (Lipinski definition) is 1. The van der Waals surface area contributed by atoms with E-state index in [1.807, 2.05) is 54.6 Å². The minimum absolute atomic E-state index is 0.0281. The molecule has 2 aromatic carbocycles. The highest BCUT2D eigenvalue weighted by molar-refractivity contribution is 5.93. The van der Waals surface area contributed by atoms with Crippen molar-refractivity contribution in [2.24, 2.45) is 0 Å². The summed E-state index contributed by atoms with van der Waals surface area (Å²) in [6, 6.07) is 17.2. The molecule has 1 fully saturated rings. The summed E-state index contributed by atoms with van der Waals surface area (Å²) in [6.45, 7) is 3.81. The van der Waals surface area contributed by atoms with E-state index in [2.05, 4.69) is 15.3 Å². The standard InChI is InChI=1S/C26H30N4O4/c1-2-33-26(32)25-23(18-30(28-25)22-10-6-5-7-11-22)34-19-24(31)27-20-12-14-21(15-13-20)29-16-8-3-4-9-17-29/h5-7,10-15,18H,2-4,8-9,16-17,19H2,1H3,(H,27,31). The van der Waals surface area contributed by atoms with Gasteiger partial charge in [0, 0.05) is 24.5 Å². The lowest BCUT2D eigenvalue weighted by molar-refractivity contribution is -0.118. The molecule has 0 spiro atoms. The van der Waals surface area contributed by atoms with Crippen LogP contribution in [0.25, 0.3) is 5.69 Å². The van der Waals surface area contributed by atoms with Crippen LogP contribution in [-0.4, -0.2) is 48.0 Å². The SMILES string of the molecule is CCOC(=O)c1nn(-c2ccccc2)cc1OCC(=O)Nc1ccc(N2CCCCCC2)cc1. The number of para-hydroxylation sites is 1. The Balaban J connectivity index is 1.39. The van der Waals surface area contributed by atoms with Crippen LogP contribution in [0.3, 0.4) is 0 Å². The summed E-state index contributed by atoms with van der Waals surface area (Å²) in [5.74, 6) is -0.740.